The summed E-state index contributed by atoms with van der Waals surface area (Å²) >= 11 is 9.22. The minimum absolute atomic E-state index is 0.754. The molecule has 0 radical (unpaired) electrons. The standard InChI is InChI=1S/C9H11BrClN/c1-2-5-12-9-4-3-7(11)6-8(9)10/h3-4,6,12H,2,5H2,1H3. The van der Waals surface area contributed by atoms with Crippen LogP contribution in [0, 0.1) is 0 Å². The van der Waals surface area contributed by atoms with Gasteiger partial charge in [0.25, 0.3) is 0 Å². The Bertz CT molecular complexity index is 263. The molecule has 0 unspecified atom stereocenters. The SMILES string of the molecule is CCCNc1ccc(Cl)cc1Br. The Labute approximate surface area is 86.2 Å². The lowest BCUT2D eigenvalue weighted by Gasteiger charge is -2.06. The van der Waals surface area contributed by atoms with E-state index in [1.54, 1.807) is 0 Å². The Balaban J connectivity index is 2.72. The molecule has 3 heteroatoms. The summed E-state index contributed by atoms with van der Waals surface area (Å²) < 4.78 is 1.02. The molecule has 0 saturated heterocycles. The molecule has 0 saturated carbocycles. The molecule has 0 spiro atoms. The summed E-state index contributed by atoms with van der Waals surface area (Å²) in [7, 11) is 0. The Morgan fingerprint density at radius 3 is 2.83 bits per heavy atom. The van der Waals surface area contributed by atoms with E-state index in [-0.39, 0.29) is 0 Å². The number of hydrogen-bond donors (Lipinski definition) is 1. The molecular weight excluding hydrogens is 237 g/mol. The van der Waals surface area contributed by atoms with E-state index in [4.69, 9.17) is 11.6 Å². The van der Waals surface area contributed by atoms with E-state index in [1.807, 2.05) is 18.2 Å². The van der Waals surface area contributed by atoms with Crippen LogP contribution in [0.2, 0.25) is 5.02 Å². The molecule has 0 aliphatic rings. The quantitative estimate of drug-likeness (QED) is 0.855. The molecule has 1 nitrogen and oxygen atoms in total. The molecule has 0 fully saturated rings. The highest BCUT2D eigenvalue weighted by molar-refractivity contribution is 9.10. The lowest BCUT2D eigenvalue weighted by Crippen LogP contribution is -1.99. The lowest BCUT2D eigenvalue weighted by atomic mass is 10.3. The minimum atomic E-state index is 0.754. The van der Waals surface area contributed by atoms with Crippen molar-refractivity contribution in [3.63, 3.8) is 0 Å². The lowest BCUT2D eigenvalue weighted by molar-refractivity contribution is 0.979. The van der Waals surface area contributed by atoms with Crippen molar-refractivity contribution in [2.75, 3.05) is 11.9 Å². The predicted molar refractivity (Wildman–Crippen MR) is 57.9 cm³/mol. The summed E-state index contributed by atoms with van der Waals surface area (Å²) in [5, 5.41) is 4.04. The third kappa shape index (κ3) is 2.68. The van der Waals surface area contributed by atoms with E-state index in [2.05, 4.69) is 28.2 Å². The summed E-state index contributed by atoms with van der Waals surface area (Å²) in [6, 6.07) is 5.74. The maximum absolute atomic E-state index is 5.79. The Kier molecular flexibility index (Phi) is 3.89. The van der Waals surface area contributed by atoms with E-state index >= 15 is 0 Å². The molecule has 0 aliphatic carbocycles. The molecule has 1 rings (SSSR count). The van der Waals surface area contributed by atoms with E-state index in [1.165, 1.54) is 0 Å². The van der Waals surface area contributed by atoms with Crippen molar-refractivity contribution in [1.82, 2.24) is 0 Å². The van der Waals surface area contributed by atoms with E-state index in [0.29, 0.717) is 0 Å². The van der Waals surface area contributed by atoms with Gasteiger partial charge in [0.15, 0.2) is 0 Å². The Hall–Kier alpha value is -0.210. The van der Waals surface area contributed by atoms with Crippen molar-refractivity contribution in [3.8, 4) is 0 Å². The molecule has 12 heavy (non-hydrogen) atoms. The minimum Gasteiger partial charge on any atom is -0.384 e. The second kappa shape index (κ2) is 4.73. The van der Waals surface area contributed by atoms with Crippen LogP contribution in [-0.2, 0) is 0 Å². The Morgan fingerprint density at radius 1 is 1.50 bits per heavy atom. The van der Waals surface area contributed by atoms with Crippen molar-refractivity contribution < 1.29 is 0 Å². The van der Waals surface area contributed by atoms with Gasteiger partial charge in [0.1, 0.15) is 0 Å². The molecule has 0 amide bonds. The maximum atomic E-state index is 5.79. The van der Waals surface area contributed by atoms with Crippen LogP contribution in [0.4, 0.5) is 5.69 Å². The normalized spacial score (nSPS) is 9.92. The highest BCUT2D eigenvalue weighted by atomic mass is 79.9. The number of rotatable bonds is 3. The summed E-state index contributed by atoms with van der Waals surface area (Å²) in [5.41, 5.74) is 1.10. The van der Waals surface area contributed by atoms with E-state index < -0.39 is 0 Å². The summed E-state index contributed by atoms with van der Waals surface area (Å²) in [6.07, 6.45) is 1.12. The number of hydrogen-bond acceptors (Lipinski definition) is 1. The molecule has 1 N–H and O–H groups in total. The maximum Gasteiger partial charge on any atom is 0.0485 e. The van der Waals surface area contributed by atoms with Crippen LogP contribution in [0.3, 0.4) is 0 Å². The third-order valence-corrected chi connectivity index (χ3v) is 2.39. The number of halogens is 2. The number of benzene rings is 1. The van der Waals surface area contributed by atoms with Crippen LogP contribution < -0.4 is 5.32 Å². The zero-order valence-corrected chi connectivity index (χ0v) is 9.24. The van der Waals surface area contributed by atoms with Gasteiger partial charge in [-0.3, -0.25) is 0 Å². The third-order valence-electron chi connectivity index (χ3n) is 1.50. The highest BCUT2D eigenvalue weighted by Gasteiger charge is 1.97. The van der Waals surface area contributed by atoms with Gasteiger partial charge in [-0.05, 0) is 40.5 Å². The van der Waals surface area contributed by atoms with Gasteiger partial charge in [-0.2, -0.15) is 0 Å². The summed E-state index contributed by atoms with van der Waals surface area (Å²) in [4.78, 5) is 0. The molecule has 0 heterocycles. The molecule has 0 bridgehead atoms. The smallest absolute Gasteiger partial charge is 0.0485 e. The first-order valence-corrected chi connectivity index (χ1v) is 5.10. The van der Waals surface area contributed by atoms with Crippen LogP contribution in [0.1, 0.15) is 13.3 Å². The van der Waals surface area contributed by atoms with E-state index in [0.717, 1.165) is 28.1 Å². The first-order valence-electron chi connectivity index (χ1n) is 3.93. The fourth-order valence-electron chi connectivity index (χ4n) is 0.893. The van der Waals surface area contributed by atoms with Crippen LogP contribution in [0.25, 0.3) is 0 Å². The Morgan fingerprint density at radius 2 is 2.25 bits per heavy atom. The predicted octanol–water partition coefficient (Wildman–Crippen LogP) is 3.92. The van der Waals surface area contributed by atoms with Crippen molar-refractivity contribution >= 4 is 33.2 Å². The zero-order chi connectivity index (χ0) is 8.97. The van der Waals surface area contributed by atoms with Gasteiger partial charge < -0.3 is 5.32 Å². The molecular formula is C9H11BrClN. The van der Waals surface area contributed by atoms with Gasteiger partial charge in [0.05, 0.1) is 0 Å². The van der Waals surface area contributed by atoms with Crippen molar-refractivity contribution in [3.05, 3.63) is 27.7 Å². The van der Waals surface area contributed by atoms with Gasteiger partial charge in [-0.1, -0.05) is 18.5 Å². The van der Waals surface area contributed by atoms with Crippen LogP contribution >= 0.6 is 27.5 Å². The largest absolute Gasteiger partial charge is 0.384 e. The fraction of sp³-hybridized carbons (Fsp3) is 0.333. The zero-order valence-electron chi connectivity index (χ0n) is 6.90. The van der Waals surface area contributed by atoms with Crippen molar-refractivity contribution in [2.45, 2.75) is 13.3 Å². The first kappa shape index (κ1) is 9.87. The molecule has 1 aromatic carbocycles. The average Bonchev–Trinajstić information content (AvgIpc) is 2.03. The monoisotopic (exact) mass is 247 g/mol. The molecule has 1 aromatic rings. The number of anilines is 1. The highest BCUT2D eigenvalue weighted by Crippen LogP contribution is 2.25. The van der Waals surface area contributed by atoms with Gasteiger partial charge in [-0.15, -0.1) is 0 Å². The first-order chi connectivity index (χ1) is 5.74. The van der Waals surface area contributed by atoms with Gasteiger partial charge in [0, 0.05) is 21.7 Å². The second-order valence-electron chi connectivity index (χ2n) is 2.55. The van der Waals surface area contributed by atoms with E-state index in [9.17, 15) is 0 Å². The van der Waals surface area contributed by atoms with Crippen LogP contribution in [-0.4, -0.2) is 6.54 Å². The van der Waals surface area contributed by atoms with Crippen molar-refractivity contribution in [2.24, 2.45) is 0 Å². The summed E-state index contributed by atoms with van der Waals surface area (Å²) in [5.74, 6) is 0. The molecule has 0 aliphatic heterocycles. The van der Waals surface area contributed by atoms with Gasteiger partial charge in [-0.25, -0.2) is 0 Å². The van der Waals surface area contributed by atoms with Crippen LogP contribution in [0.15, 0.2) is 22.7 Å². The molecule has 0 atom stereocenters. The van der Waals surface area contributed by atoms with Crippen LogP contribution in [0.5, 0.6) is 0 Å². The number of nitrogens with one attached hydrogen (secondary N) is 1. The fourth-order valence-corrected chi connectivity index (χ4v) is 1.72. The van der Waals surface area contributed by atoms with Crippen molar-refractivity contribution in [1.29, 1.82) is 0 Å². The molecule has 0 aromatic heterocycles. The summed E-state index contributed by atoms with van der Waals surface area (Å²) in [6.45, 7) is 3.12. The topological polar surface area (TPSA) is 12.0 Å². The molecule has 66 valence electrons. The van der Waals surface area contributed by atoms with Gasteiger partial charge in [0.2, 0.25) is 0 Å². The van der Waals surface area contributed by atoms with Gasteiger partial charge >= 0.3 is 0 Å². The average molecular weight is 249 g/mol. The second-order valence-corrected chi connectivity index (χ2v) is 3.84.